The molecule has 0 bridgehead atoms. The first-order valence-electron chi connectivity index (χ1n) is 13.5. The van der Waals surface area contributed by atoms with Crippen LogP contribution in [0.1, 0.15) is 136 Å². The highest BCUT2D eigenvalue weighted by Gasteiger charge is 2.27. The lowest BCUT2D eigenvalue weighted by molar-refractivity contribution is -0.159. The van der Waals surface area contributed by atoms with Gasteiger partial charge in [-0.2, -0.15) is 0 Å². The molecule has 8 heteroatoms. The lowest BCUT2D eigenvalue weighted by atomic mass is 10.0. The molecule has 0 rings (SSSR count). The van der Waals surface area contributed by atoms with Gasteiger partial charge in [0.05, 0.1) is 0 Å². The molecule has 35 heavy (non-hydrogen) atoms. The third-order valence-electron chi connectivity index (χ3n) is 5.72. The fourth-order valence-electron chi connectivity index (χ4n) is 3.84. The monoisotopic (exact) mass is 499 g/mol. The predicted octanol–water partition coefficient (Wildman–Crippen LogP) is 6.00. The van der Waals surface area contributed by atoms with Gasteiger partial charge in [0.1, 0.15) is 11.6 Å². The summed E-state index contributed by atoms with van der Waals surface area (Å²) in [7, 11) is 0. The smallest absolute Gasteiger partial charge is 0.329 e. The maximum atomic E-state index is 12.3. The number of carboxylic acids is 2. The molecular formula is C27H49NO7. The number of rotatable bonds is 22. The summed E-state index contributed by atoms with van der Waals surface area (Å²) >= 11 is 0. The molecule has 3 N–H and O–H groups in total. The molecule has 0 aliphatic carbocycles. The van der Waals surface area contributed by atoms with Gasteiger partial charge < -0.3 is 20.3 Å². The Hall–Kier alpha value is -2.12. The van der Waals surface area contributed by atoms with Crippen molar-refractivity contribution in [1.82, 2.24) is 5.32 Å². The van der Waals surface area contributed by atoms with E-state index in [1.807, 2.05) is 0 Å². The Kier molecular flexibility index (Phi) is 18.9. The Morgan fingerprint density at radius 2 is 1.00 bits per heavy atom. The minimum atomic E-state index is -1.02. The van der Waals surface area contributed by atoms with Crippen LogP contribution in [0, 0.1) is 0 Å². The van der Waals surface area contributed by atoms with Gasteiger partial charge in [-0.25, -0.2) is 4.79 Å². The number of carbonyl (C=O) groups excluding carboxylic acids is 2. The van der Waals surface area contributed by atoms with Crippen molar-refractivity contribution in [3.05, 3.63) is 0 Å². The molecule has 1 atom stereocenters. The quantitative estimate of drug-likeness (QED) is 0.123. The van der Waals surface area contributed by atoms with Crippen LogP contribution in [0.3, 0.4) is 0 Å². The molecule has 0 aromatic rings. The zero-order chi connectivity index (χ0) is 26.5. The van der Waals surface area contributed by atoms with Crippen LogP contribution in [0.15, 0.2) is 0 Å². The van der Waals surface area contributed by atoms with Crippen molar-refractivity contribution in [1.29, 1.82) is 0 Å². The Morgan fingerprint density at radius 1 is 0.629 bits per heavy atom. The summed E-state index contributed by atoms with van der Waals surface area (Å²) in [4.78, 5) is 45.8. The Balaban J connectivity index is 3.75. The molecule has 0 aromatic heterocycles. The van der Waals surface area contributed by atoms with Crippen molar-refractivity contribution >= 4 is 23.8 Å². The SMILES string of the molecule is CC(C)(C)OC(=O)[C@H](CCC(=O)O)NC(=O)CCCCCCCCCCCCCCCCC(=O)O. The molecular weight excluding hydrogens is 450 g/mol. The Morgan fingerprint density at radius 3 is 1.37 bits per heavy atom. The predicted molar refractivity (Wildman–Crippen MR) is 136 cm³/mol. The molecule has 0 heterocycles. The number of esters is 1. The van der Waals surface area contributed by atoms with E-state index in [0.29, 0.717) is 6.42 Å². The number of carbonyl (C=O) groups is 4. The summed E-state index contributed by atoms with van der Waals surface area (Å²) in [5, 5.41) is 20.1. The van der Waals surface area contributed by atoms with Crippen molar-refractivity contribution in [2.75, 3.05) is 0 Å². The number of carboxylic acid groups (broad SMARTS) is 2. The van der Waals surface area contributed by atoms with Crippen LogP contribution in [0.25, 0.3) is 0 Å². The van der Waals surface area contributed by atoms with E-state index in [4.69, 9.17) is 14.9 Å². The topological polar surface area (TPSA) is 130 Å². The molecule has 1 amide bonds. The van der Waals surface area contributed by atoms with Crippen LogP contribution in [0.2, 0.25) is 0 Å². The zero-order valence-corrected chi connectivity index (χ0v) is 22.2. The van der Waals surface area contributed by atoms with Crippen LogP contribution in [0.5, 0.6) is 0 Å². The van der Waals surface area contributed by atoms with Gasteiger partial charge in [-0.1, -0.05) is 77.0 Å². The van der Waals surface area contributed by atoms with Crippen LogP contribution in [0.4, 0.5) is 0 Å². The number of aliphatic carboxylic acids is 2. The van der Waals surface area contributed by atoms with E-state index in [1.54, 1.807) is 20.8 Å². The standard InChI is InChI=1S/C27H49NO7/c1-27(2,3)35-26(34)22(20-21-25(32)33)28-23(29)18-16-14-12-10-8-6-4-5-7-9-11-13-15-17-19-24(30)31/h22H,4-21H2,1-3H3,(H,28,29)(H,30,31)(H,32,33)/t22-/m0/s1. The van der Waals surface area contributed by atoms with Crippen molar-refractivity contribution in [3.63, 3.8) is 0 Å². The third-order valence-corrected chi connectivity index (χ3v) is 5.72. The summed E-state index contributed by atoms with van der Waals surface area (Å²) in [6.07, 6.45) is 16.0. The number of unbranched alkanes of at least 4 members (excludes halogenated alkanes) is 13. The fourth-order valence-corrected chi connectivity index (χ4v) is 3.84. The first kappa shape index (κ1) is 32.9. The van der Waals surface area contributed by atoms with Gasteiger partial charge in [0, 0.05) is 19.3 Å². The molecule has 0 unspecified atom stereocenters. The molecule has 0 saturated heterocycles. The highest BCUT2D eigenvalue weighted by atomic mass is 16.6. The van der Waals surface area contributed by atoms with Gasteiger partial charge in [0.25, 0.3) is 0 Å². The van der Waals surface area contributed by atoms with E-state index >= 15 is 0 Å². The average molecular weight is 500 g/mol. The van der Waals surface area contributed by atoms with Gasteiger partial charge in [0.2, 0.25) is 5.91 Å². The summed E-state index contributed by atoms with van der Waals surface area (Å²) in [5.41, 5.74) is -0.701. The van der Waals surface area contributed by atoms with Crippen LogP contribution in [-0.2, 0) is 23.9 Å². The molecule has 0 fully saturated rings. The molecule has 0 aliphatic heterocycles. The van der Waals surface area contributed by atoms with Gasteiger partial charge in [-0.05, 0) is 40.0 Å². The van der Waals surface area contributed by atoms with E-state index in [-0.39, 0.29) is 25.2 Å². The van der Waals surface area contributed by atoms with E-state index in [1.165, 1.54) is 44.9 Å². The number of nitrogens with one attached hydrogen (secondary N) is 1. The number of ether oxygens (including phenoxy) is 1. The lowest BCUT2D eigenvalue weighted by Crippen LogP contribution is -2.44. The van der Waals surface area contributed by atoms with Crippen LogP contribution < -0.4 is 5.32 Å². The molecule has 0 radical (unpaired) electrons. The van der Waals surface area contributed by atoms with Gasteiger partial charge in [-0.3, -0.25) is 14.4 Å². The van der Waals surface area contributed by atoms with E-state index in [9.17, 15) is 19.2 Å². The van der Waals surface area contributed by atoms with Gasteiger partial charge in [-0.15, -0.1) is 0 Å². The van der Waals surface area contributed by atoms with Crippen molar-refractivity contribution in [2.24, 2.45) is 0 Å². The Bertz CT molecular complexity index is 613. The van der Waals surface area contributed by atoms with Crippen molar-refractivity contribution < 1.29 is 34.1 Å². The van der Waals surface area contributed by atoms with Crippen LogP contribution in [-0.4, -0.2) is 45.7 Å². The molecule has 0 aliphatic rings. The maximum Gasteiger partial charge on any atom is 0.329 e. The first-order chi connectivity index (χ1) is 16.5. The minimum Gasteiger partial charge on any atom is -0.481 e. The lowest BCUT2D eigenvalue weighted by Gasteiger charge is -2.24. The molecule has 8 nitrogen and oxygen atoms in total. The van der Waals surface area contributed by atoms with E-state index < -0.39 is 29.6 Å². The molecule has 204 valence electrons. The summed E-state index contributed by atoms with van der Waals surface area (Å²) in [6.45, 7) is 5.20. The van der Waals surface area contributed by atoms with Crippen molar-refractivity contribution in [2.45, 2.75) is 148 Å². The summed E-state index contributed by atoms with van der Waals surface area (Å²) in [6, 6.07) is -0.935. The minimum absolute atomic E-state index is 0.0166. The summed E-state index contributed by atoms with van der Waals surface area (Å²) in [5.74, 6) is -2.55. The number of hydrogen-bond acceptors (Lipinski definition) is 5. The van der Waals surface area contributed by atoms with E-state index in [2.05, 4.69) is 5.32 Å². The highest BCUT2D eigenvalue weighted by Crippen LogP contribution is 2.14. The first-order valence-corrected chi connectivity index (χ1v) is 13.5. The van der Waals surface area contributed by atoms with Crippen LogP contribution >= 0.6 is 0 Å². The van der Waals surface area contributed by atoms with Gasteiger partial charge in [0.15, 0.2) is 0 Å². The second-order valence-corrected chi connectivity index (χ2v) is 10.4. The third kappa shape index (κ3) is 23.4. The molecule has 0 saturated carbocycles. The summed E-state index contributed by atoms with van der Waals surface area (Å²) < 4.78 is 5.31. The number of amides is 1. The van der Waals surface area contributed by atoms with Crippen molar-refractivity contribution in [3.8, 4) is 0 Å². The Labute approximate surface area is 211 Å². The highest BCUT2D eigenvalue weighted by molar-refractivity contribution is 5.85. The van der Waals surface area contributed by atoms with E-state index in [0.717, 1.165) is 44.9 Å². The molecule has 0 spiro atoms. The second-order valence-electron chi connectivity index (χ2n) is 10.4. The number of hydrogen-bond donors (Lipinski definition) is 3. The van der Waals surface area contributed by atoms with Gasteiger partial charge >= 0.3 is 17.9 Å². The second kappa shape index (κ2) is 20.1. The largest absolute Gasteiger partial charge is 0.481 e. The zero-order valence-electron chi connectivity index (χ0n) is 22.2. The maximum absolute atomic E-state index is 12.3. The normalized spacial score (nSPS) is 12.2. The fraction of sp³-hybridized carbons (Fsp3) is 0.852. The average Bonchev–Trinajstić information content (AvgIpc) is 2.74. The molecule has 0 aromatic carbocycles.